The molecular weight excluding hydrogens is 417 g/mol. The molecule has 0 atom stereocenters. The average molecular weight is 424 g/mol. The van der Waals surface area contributed by atoms with E-state index < -0.39 is 17.3 Å². The Labute approximate surface area is 135 Å². The first-order valence-corrected chi connectivity index (χ1v) is 7.19. The summed E-state index contributed by atoms with van der Waals surface area (Å²) >= 11 is 6.42. The van der Waals surface area contributed by atoms with E-state index in [4.69, 9.17) is 9.68 Å². The molecule has 110 valence electrons. The fourth-order valence-electron chi connectivity index (χ4n) is 1.65. The number of alkyl halides is 3. The monoisotopic (exact) mass is 422 g/mol. The Morgan fingerprint density at radius 2 is 1.95 bits per heavy atom. The van der Waals surface area contributed by atoms with E-state index in [0.29, 0.717) is 10.4 Å². The fraction of sp³-hybridized carbons (Fsp3) is 0.154. The number of nitriles is 1. The highest BCUT2D eigenvalue weighted by molar-refractivity contribution is 9.13. The molecule has 0 amide bonds. The van der Waals surface area contributed by atoms with Gasteiger partial charge in [0.15, 0.2) is 4.67 Å². The largest absolute Gasteiger partial charge is 0.451 e. The highest BCUT2D eigenvalue weighted by Gasteiger charge is 2.33. The van der Waals surface area contributed by atoms with Crippen LogP contribution in [-0.2, 0) is 12.7 Å². The van der Waals surface area contributed by atoms with Gasteiger partial charge in [0.25, 0.3) is 0 Å². The molecule has 0 aliphatic carbocycles. The molecule has 1 aromatic carbocycles. The lowest BCUT2D eigenvalue weighted by Gasteiger charge is -2.11. The Kier molecular flexibility index (Phi) is 4.64. The van der Waals surface area contributed by atoms with E-state index >= 15 is 0 Å². The minimum atomic E-state index is -4.57. The molecule has 1 heterocycles. The summed E-state index contributed by atoms with van der Waals surface area (Å²) < 4.78 is 45.0. The third kappa shape index (κ3) is 3.80. The van der Waals surface area contributed by atoms with Gasteiger partial charge >= 0.3 is 6.18 Å². The molecule has 0 spiro atoms. The van der Waals surface area contributed by atoms with Crippen molar-refractivity contribution in [1.82, 2.24) is 0 Å². The van der Waals surface area contributed by atoms with Gasteiger partial charge in [-0.05, 0) is 56.1 Å². The van der Waals surface area contributed by atoms with E-state index in [9.17, 15) is 13.2 Å². The lowest BCUT2D eigenvalue weighted by molar-refractivity contribution is -0.137. The van der Waals surface area contributed by atoms with Crippen LogP contribution < -0.4 is 5.32 Å². The smallest absolute Gasteiger partial charge is 0.417 e. The van der Waals surface area contributed by atoms with Gasteiger partial charge in [-0.25, -0.2) is 0 Å². The van der Waals surface area contributed by atoms with Crippen LogP contribution in [0, 0.1) is 11.3 Å². The molecule has 0 saturated heterocycles. The third-order valence-electron chi connectivity index (χ3n) is 2.61. The molecule has 0 aliphatic heterocycles. The van der Waals surface area contributed by atoms with Crippen molar-refractivity contribution in [3.8, 4) is 6.07 Å². The Hall–Kier alpha value is -1.46. The predicted octanol–water partition coefficient (Wildman–Crippen LogP) is 5.31. The standard InChI is InChI=1S/C13H7Br2F3N2O/c14-11-4-9(21-12(11)15)6-20-8-2-1-7(5-19)10(3-8)13(16,17)18/h1-4,20H,6H2. The maximum Gasteiger partial charge on any atom is 0.417 e. The number of hydrogen-bond donors (Lipinski definition) is 1. The fourth-order valence-corrected chi connectivity index (χ4v) is 2.31. The van der Waals surface area contributed by atoms with E-state index in [-0.39, 0.29) is 12.2 Å². The number of benzene rings is 1. The summed E-state index contributed by atoms with van der Waals surface area (Å²) in [4.78, 5) is 0. The molecule has 21 heavy (non-hydrogen) atoms. The van der Waals surface area contributed by atoms with Gasteiger partial charge < -0.3 is 9.73 Å². The molecule has 3 nitrogen and oxygen atoms in total. The summed E-state index contributed by atoms with van der Waals surface area (Å²) in [5.41, 5.74) is -1.11. The van der Waals surface area contributed by atoms with Gasteiger partial charge in [-0.15, -0.1) is 0 Å². The number of nitrogens with zero attached hydrogens (tertiary/aromatic N) is 1. The van der Waals surface area contributed by atoms with Crippen molar-refractivity contribution < 1.29 is 17.6 Å². The molecule has 1 aromatic heterocycles. The minimum absolute atomic E-state index is 0.216. The number of nitrogens with one attached hydrogen (secondary N) is 1. The van der Waals surface area contributed by atoms with Crippen LogP contribution in [0.3, 0.4) is 0 Å². The van der Waals surface area contributed by atoms with Crippen LogP contribution in [0.15, 0.2) is 37.8 Å². The molecule has 0 bridgehead atoms. The summed E-state index contributed by atoms with van der Waals surface area (Å²) in [5.74, 6) is 0.548. The van der Waals surface area contributed by atoms with Gasteiger partial charge in [-0.3, -0.25) is 0 Å². The zero-order valence-corrected chi connectivity index (χ0v) is 13.4. The number of halogens is 5. The molecule has 1 N–H and O–H groups in total. The molecular formula is C13H7Br2F3N2O. The second kappa shape index (κ2) is 6.12. The molecule has 0 fully saturated rings. The lowest BCUT2D eigenvalue weighted by atomic mass is 10.1. The summed E-state index contributed by atoms with van der Waals surface area (Å²) in [6.07, 6.45) is -4.57. The topological polar surface area (TPSA) is 49.0 Å². The van der Waals surface area contributed by atoms with Crippen LogP contribution in [0.4, 0.5) is 18.9 Å². The number of anilines is 1. The molecule has 8 heteroatoms. The van der Waals surface area contributed by atoms with E-state index in [1.807, 2.05) is 0 Å². The normalized spacial score (nSPS) is 11.2. The zero-order chi connectivity index (χ0) is 15.6. The molecule has 2 rings (SSSR count). The van der Waals surface area contributed by atoms with Crippen LogP contribution >= 0.6 is 31.9 Å². The second-order valence-electron chi connectivity index (χ2n) is 4.06. The van der Waals surface area contributed by atoms with Gasteiger partial charge in [0.05, 0.1) is 28.2 Å². The Balaban J connectivity index is 2.20. The second-order valence-corrected chi connectivity index (χ2v) is 5.63. The molecule has 2 aromatic rings. The first-order chi connectivity index (χ1) is 9.81. The number of rotatable bonds is 3. The van der Waals surface area contributed by atoms with Gasteiger partial charge in [-0.1, -0.05) is 0 Å². The van der Waals surface area contributed by atoms with Crippen molar-refractivity contribution in [2.75, 3.05) is 5.32 Å². The summed E-state index contributed by atoms with van der Waals surface area (Å²) in [6, 6.07) is 6.70. The van der Waals surface area contributed by atoms with E-state index in [1.54, 1.807) is 6.07 Å². The van der Waals surface area contributed by atoms with Crippen LogP contribution in [0.2, 0.25) is 0 Å². The van der Waals surface area contributed by atoms with Crippen LogP contribution in [0.25, 0.3) is 0 Å². The third-order valence-corrected chi connectivity index (χ3v) is 4.32. The van der Waals surface area contributed by atoms with E-state index in [1.165, 1.54) is 12.1 Å². The highest BCUT2D eigenvalue weighted by atomic mass is 79.9. The van der Waals surface area contributed by atoms with Crippen LogP contribution in [0.5, 0.6) is 0 Å². The molecule has 0 radical (unpaired) electrons. The van der Waals surface area contributed by atoms with Crippen molar-refractivity contribution in [1.29, 1.82) is 5.26 Å². The Morgan fingerprint density at radius 3 is 2.48 bits per heavy atom. The van der Waals surface area contributed by atoms with Gasteiger partial charge in [0.1, 0.15) is 5.76 Å². The highest BCUT2D eigenvalue weighted by Crippen LogP contribution is 2.34. The maximum absolute atomic E-state index is 12.8. The van der Waals surface area contributed by atoms with E-state index in [2.05, 4.69) is 37.2 Å². The zero-order valence-electron chi connectivity index (χ0n) is 10.3. The van der Waals surface area contributed by atoms with Crippen molar-refractivity contribution in [2.45, 2.75) is 12.7 Å². The molecule has 0 saturated carbocycles. The SMILES string of the molecule is N#Cc1ccc(NCc2cc(Br)c(Br)o2)cc1C(F)(F)F. The minimum Gasteiger partial charge on any atom is -0.451 e. The average Bonchev–Trinajstić information content (AvgIpc) is 2.74. The molecule has 0 aliphatic rings. The Morgan fingerprint density at radius 1 is 1.24 bits per heavy atom. The number of hydrogen-bond acceptors (Lipinski definition) is 3. The van der Waals surface area contributed by atoms with Crippen molar-refractivity contribution in [2.24, 2.45) is 0 Å². The van der Waals surface area contributed by atoms with Crippen molar-refractivity contribution in [3.05, 3.63) is 50.3 Å². The van der Waals surface area contributed by atoms with Crippen molar-refractivity contribution in [3.63, 3.8) is 0 Å². The quantitative estimate of drug-likeness (QED) is 0.727. The lowest BCUT2D eigenvalue weighted by Crippen LogP contribution is -2.09. The number of furan rings is 1. The van der Waals surface area contributed by atoms with Gasteiger partial charge in [0, 0.05) is 5.69 Å². The van der Waals surface area contributed by atoms with Gasteiger partial charge in [-0.2, -0.15) is 18.4 Å². The van der Waals surface area contributed by atoms with Crippen LogP contribution in [-0.4, -0.2) is 0 Å². The first-order valence-electron chi connectivity index (χ1n) is 5.60. The molecule has 0 unspecified atom stereocenters. The Bertz CT molecular complexity index is 685. The van der Waals surface area contributed by atoms with Crippen LogP contribution in [0.1, 0.15) is 16.9 Å². The first kappa shape index (κ1) is 15.9. The predicted molar refractivity (Wildman–Crippen MR) is 77.6 cm³/mol. The summed E-state index contributed by atoms with van der Waals surface area (Å²) in [6.45, 7) is 0.216. The maximum atomic E-state index is 12.8. The summed E-state index contributed by atoms with van der Waals surface area (Å²) in [5, 5.41) is 11.5. The van der Waals surface area contributed by atoms with Crippen molar-refractivity contribution >= 4 is 37.5 Å². The van der Waals surface area contributed by atoms with E-state index in [0.717, 1.165) is 16.6 Å². The van der Waals surface area contributed by atoms with Gasteiger partial charge in [0.2, 0.25) is 0 Å². The summed E-state index contributed by atoms with van der Waals surface area (Å²) in [7, 11) is 0.